The molecular weight excluding hydrogens is 254 g/mol. The Morgan fingerprint density at radius 1 is 1.25 bits per heavy atom. The molecule has 2 unspecified atom stereocenters. The van der Waals surface area contributed by atoms with Crippen LogP contribution in [0.1, 0.15) is 56.6 Å². The maximum absolute atomic E-state index is 10.6. The number of aromatic hydroxyl groups is 2. The van der Waals surface area contributed by atoms with Gasteiger partial charge in [0.05, 0.1) is 0 Å². The van der Waals surface area contributed by atoms with E-state index in [4.69, 9.17) is 5.73 Å². The minimum atomic E-state index is -1.41. The molecule has 0 amide bonds. The molecule has 0 saturated heterocycles. The Labute approximate surface area is 120 Å². The van der Waals surface area contributed by atoms with Gasteiger partial charge in [0.2, 0.25) is 0 Å². The number of aliphatic hydroxyl groups is 1. The number of hydrogen-bond donors (Lipinski definition) is 4. The largest absolute Gasteiger partial charge is 0.504 e. The maximum Gasteiger partial charge on any atom is 0.161 e. The van der Waals surface area contributed by atoms with Crippen molar-refractivity contribution in [2.75, 3.05) is 0 Å². The zero-order valence-electron chi connectivity index (χ0n) is 12.1. The molecule has 0 radical (unpaired) electrons. The molecule has 0 fully saturated rings. The van der Waals surface area contributed by atoms with Crippen LogP contribution in [-0.4, -0.2) is 15.3 Å². The first-order valence-corrected chi connectivity index (χ1v) is 7.54. The van der Waals surface area contributed by atoms with E-state index in [1.165, 1.54) is 18.9 Å². The van der Waals surface area contributed by atoms with E-state index in [0.717, 1.165) is 25.7 Å². The third kappa shape index (κ3) is 2.76. The highest BCUT2D eigenvalue weighted by molar-refractivity contribution is 5.51. The lowest BCUT2D eigenvalue weighted by molar-refractivity contribution is -0.0344. The van der Waals surface area contributed by atoms with Gasteiger partial charge in [0, 0.05) is 17.0 Å². The highest BCUT2D eigenvalue weighted by atomic mass is 16.3. The van der Waals surface area contributed by atoms with Crippen molar-refractivity contribution < 1.29 is 15.3 Å². The Kier molecular flexibility index (Phi) is 4.55. The van der Waals surface area contributed by atoms with E-state index >= 15 is 0 Å². The number of rotatable bonds is 5. The summed E-state index contributed by atoms with van der Waals surface area (Å²) in [7, 11) is 0. The van der Waals surface area contributed by atoms with Gasteiger partial charge in [-0.3, -0.25) is 5.73 Å². The molecule has 1 aliphatic rings. The highest BCUT2D eigenvalue weighted by Crippen LogP contribution is 2.44. The lowest BCUT2D eigenvalue weighted by atomic mass is 9.74. The number of fused-ring (bicyclic) bond motifs is 1. The Morgan fingerprint density at radius 2 is 2.00 bits per heavy atom. The van der Waals surface area contributed by atoms with Crippen molar-refractivity contribution in [1.29, 1.82) is 0 Å². The first-order chi connectivity index (χ1) is 9.48. The molecule has 0 aromatic heterocycles. The van der Waals surface area contributed by atoms with E-state index in [-0.39, 0.29) is 17.4 Å². The van der Waals surface area contributed by atoms with Gasteiger partial charge in [-0.05, 0) is 25.3 Å². The molecule has 0 spiro atoms. The van der Waals surface area contributed by atoms with Gasteiger partial charge in [-0.15, -0.1) is 0 Å². The molecule has 2 rings (SSSR count). The van der Waals surface area contributed by atoms with Crippen molar-refractivity contribution >= 4 is 0 Å². The summed E-state index contributed by atoms with van der Waals surface area (Å²) in [5, 5.41) is 30.1. The van der Waals surface area contributed by atoms with Crippen molar-refractivity contribution in [3.63, 3.8) is 0 Å². The van der Waals surface area contributed by atoms with Crippen molar-refractivity contribution in [2.24, 2.45) is 11.7 Å². The lowest BCUT2D eigenvalue weighted by Gasteiger charge is -2.39. The second-order valence-corrected chi connectivity index (χ2v) is 5.87. The summed E-state index contributed by atoms with van der Waals surface area (Å²) in [4.78, 5) is 0. The fourth-order valence-corrected chi connectivity index (χ4v) is 3.19. The van der Waals surface area contributed by atoms with Crippen LogP contribution in [0.25, 0.3) is 0 Å². The number of unbranched alkanes of at least 4 members (excludes halogenated alkanes) is 3. The van der Waals surface area contributed by atoms with Crippen LogP contribution in [0.3, 0.4) is 0 Å². The molecule has 4 heteroatoms. The molecule has 0 heterocycles. The fraction of sp³-hybridized carbons (Fsp3) is 0.625. The summed E-state index contributed by atoms with van der Waals surface area (Å²) >= 11 is 0. The highest BCUT2D eigenvalue weighted by Gasteiger charge is 2.40. The summed E-state index contributed by atoms with van der Waals surface area (Å²) in [6.45, 7) is 2.17. The van der Waals surface area contributed by atoms with Gasteiger partial charge in [0.1, 0.15) is 5.72 Å². The van der Waals surface area contributed by atoms with E-state index in [1.54, 1.807) is 6.07 Å². The number of nitrogens with two attached hydrogens (primary N) is 1. The van der Waals surface area contributed by atoms with Gasteiger partial charge in [-0.25, -0.2) is 0 Å². The molecule has 5 N–H and O–H groups in total. The predicted octanol–water partition coefficient (Wildman–Crippen LogP) is 2.73. The molecule has 1 aromatic rings. The van der Waals surface area contributed by atoms with Crippen LogP contribution in [0.4, 0.5) is 0 Å². The normalized spacial score (nSPS) is 25.4. The first kappa shape index (κ1) is 15.1. The number of benzene rings is 1. The molecule has 20 heavy (non-hydrogen) atoms. The predicted molar refractivity (Wildman–Crippen MR) is 78.4 cm³/mol. The molecular formula is C16H25NO3. The van der Waals surface area contributed by atoms with Gasteiger partial charge < -0.3 is 15.3 Å². The minimum Gasteiger partial charge on any atom is -0.504 e. The van der Waals surface area contributed by atoms with E-state index in [9.17, 15) is 15.3 Å². The molecule has 0 bridgehead atoms. The molecule has 2 atom stereocenters. The van der Waals surface area contributed by atoms with Gasteiger partial charge in [0.15, 0.2) is 11.5 Å². The smallest absolute Gasteiger partial charge is 0.161 e. The van der Waals surface area contributed by atoms with Crippen LogP contribution in [0.5, 0.6) is 11.5 Å². The van der Waals surface area contributed by atoms with Gasteiger partial charge >= 0.3 is 0 Å². The number of phenols is 2. The average Bonchev–Trinajstić information content (AvgIpc) is 2.41. The van der Waals surface area contributed by atoms with E-state index < -0.39 is 5.72 Å². The minimum absolute atomic E-state index is 0.01000. The standard InChI is InChI=1S/C16H25NO3/c1-2-3-4-5-6-11-7-8-12-13(16(11,17)20)9-10-14(18)15(12)19/h9-11,18-20H,2-8,17H2,1H3. The number of phenolic OH excluding ortho intramolecular Hbond substituents is 2. The quantitative estimate of drug-likeness (QED) is 0.379. The maximum atomic E-state index is 10.6. The van der Waals surface area contributed by atoms with Crippen molar-refractivity contribution in [3.05, 3.63) is 23.3 Å². The summed E-state index contributed by atoms with van der Waals surface area (Å²) in [5.74, 6) is -0.285. The van der Waals surface area contributed by atoms with E-state index in [2.05, 4.69) is 6.92 Å². The first-order valence-electron chi connectivity index (χ1n) is 7.54. The third-order valence-electron chi connectivity index (χ3n) is 4.46. The summed E-state index contributed by atoms with van der Waals surface area (Å²) in [5.41, 5.74) is 5.86. The van der Waals surface area contributed by atoms with Gasteiger partial charge in [-0.2, -0.15) is 0 Å². The molecule has 0 aliphatic heterocycles. The Balaban J connectivity index is 2.15. The molecule has 112 valence electrons. The van der Waals surface area contributed by atoms with Crippen LogP contribution in [0.15, 0.2) is 12.1 Å². The zero-order chi connectivity index (χ0) is 14.8. The van der Waals surface area contributed by atoms with Crippen molar-refractivity contribution in [2.45, 2.75) is 57.6 Å². The van der Waals surface area contributed by atoms with Crippen molar-refractivity contribution in [3.8, 4) is 11.5 Å². The zero-order valence-corrected chi connectivity index (χ0v) is 12.1. The Hall–Kier alpha value is -1.26. The van der Waals surface area contributed by atoms with Crippen LogP contribution >= 0.6 is 0 Å². The second-order valence-electron chi connectivity index (χ2n) is 5.87. The Morgan fingerprint density at radius 3 is 2.70 bits per heavy atom. The average molecular weight is 279 g/mol. The van der Waals surface area contributed by atoms with E-state index in [0.29, 0.717) is 17.5 Å². The van der Waals surface area contributed by atoms with Crippen LogP contribution in [-0.2, 0) is 12.1 Å². The van der Waals surface area contributed by atoms with Gasteiger partial charge in [-0.1, -0.05) is 38.7 Å². The summed E-state index contributed by atoms with van der Waals surface area (Å²) < 4.78 is 0. The fourth-order valence-electron chi connectivity index (χ4n) is 3.19. The van der Waals surface area contributed by atoms with Crippen molar-refractivity contribution in [1.82, 2.24) is 0 Å². The SMILES string of the molecule is CCCCCCC1CCc2c(ccc(O)c2O)C1(N)O. The Bertz CT molecular complexity index is 471. The molecule has 0 saturated carbocycles. The monoisotopic (exact) mass is 279 g/mol. The summed E-state index contributed by atoms with van der Waals surface area (Å²) in [6.07, 6.45) is 6.91. The lowest BCUT2D eigenvalue weighted by Crippen LogP contribution is -2.47. The topological polar surface area (TPSA) is 86.7 Å². The third-order valence-corrected chi connectivity index (χ3v) is 4.46. The van der Waals surface area contributed by atoms with Gasteiger partial charge in [0.25, 0.3) is 0 Å². The molecule has 1 aliphatic carbocycles. The molecule has 4 nitrogen and oxygen atoms in total. The molecule has 1 aromatic carbocycles. The number of hydrogen-bond acceptors (Lipinski definition) is 4. The van der Waals surface area contributed by atoms with Crippen LogP contribution in [0, 0.1) is 5.92 Å². The van der Waals surface area contributed by atoms with Crippen LogP contribution < -0.4 is 5.73 Å². The van der Waals surface area contributed by atoms with E-state index in [1.807, 2.05) is 0 Å². The summed E-state index contributed by atoms with van der Waals surface area (Å²) in [6, 6.07) is 3.02. The van der Waals surface area contributed by atoms with Crippen LogP contribution in [0.2, 0.25) is 0 Å². The second kappa shape index (κ2) is 6.02.